The Balaban J connectivity index is 1.22. The fourth-order valence-electron chi connectivity index (χ4n) is 5.20. The summed E-state index contributed by atoms with van der Waals surface area (Å²) in [6.45, 7) is 5.22. The van der Waals surface area contributed by atoms with Crippen LogP contribution in [0.5, 0.6) is 0 Å². The summed E-state index contributed by atoms with van der Waals surface area (Å²) in [5, 5.41) is 2.93. The molecule has 2 saturated heterocycles. The second kappa shape index (κ2) is 9.41. The first kappa shape index (κ1) is 22.9. The molecule has 7 nitrogen and oxygen atoms in total. The third kappa shape index (κ3) is 4.85. The third-order valence-electron chi connectivity index (χ3n) is 7.45. The SMILES string of the molecule is CC(=O)N1CCC2(CCN(c3ccc(C(=O)Nc4cc(-c5ccccc5)ccc4N)cn3)CC2)C1. The van der Waals surface area contributed by atoms with Gasteiger partial charge in [-0.3, -0.25) is 9.59 Å². The highest BCUT2D eigenvalue weighted by Crippen LogP contribution is 2.41. The molecule has 1 spiro atoms. The Morgan fingerprint density at radius 1 is 0.943 bits per heavy atom. The van der Waals surface area contributed by atoms with Gasteiger partial charge in [-0.2, -0.15) is 0 Å². The van der Waals surface area contributed by atoms with Gasteiger partial charge in [-0.25, -0.2) is 4.98 Å². The number of hydrogen-bond acceptors (Lipinski definition) is 5. The van der Waals surface area contributed by atoms with Crippen LogP contribution in [-0.2, 0) is 4.79 Å². The van der Waals surface area contributed by atoms with E-state index in [1.807, 2.05) is 65.6 Å². The predicted molar refractivity (Wildman–Crippen MR) is 139 cm³/mol. The highest BCUT2D eigenvalue weighted by molar-refractivity contribution is 6.06. The number of carbonyl (C=O) groups excluding carboxylic acids is 2. The monoisotopic (exact) mass is 469 g/mol. The number of hydrogen-bond donors (Lipinski definition) is 2. The second-order valence-corrected chi connectivity index (χ2v) is 9.70. The Kier molecular flexibility index (Phi) is 6.16. The maximum atomic E-state index is 12.9. The molecule has 7 heteroatoms. The van der Waals surface area contributed by atoms with Gasteiger partial charge in [0, 0.05) is 39.3 Å². The standard InChI is InChI=1S/C28H31N5O2/c1-20(34)33-16-13-28(19-33)11-14-32(15-12-28)26-10-8-23(18-30-26)27(35)31-25-17-22(7-9-24(25)29)21-5-3-2-4-6-21/h2-10,17-18H,11-16,19,29H2,1H3,(H,31,35). The van der Waals surface area contributed by atoms with E-state index in [0.29, 0.717) is 16.9 Å². The molecule has 35 heavy (non-hydrogen) atoms. The number of amides is 2. The van der Waals surface area contributed by atoms with Gasteiger partial charge in [0.2, 0.25) is 5.91 Å². The second-order valence-electron chi connectivity index (χ2n) is 9.70. The summed E-state index contributed by atoms with van der Waals surface area (Å²) >= 11 is 0. The number of aromatic nitrogens is 1. The Labute approximate surface area is 206 Å². The zero-order valence-electron chi connectivity index (χ0n) is 20.0. The van der Waals surface area contributed by atoms with Crippen LogP contribution in [0.1, 0.15) is 36.5 Å². The molecule has 2 aromatic carbocycles. The molecule has 2 amide bonds. The lowest BCUT2D eigenvalue weighted by Gasteiger charge is -2.39. The van der Waals surface area contributed by atoms with Gasteiger partial charge in [0.15, 0.2) is 0 Å². The zero-order valence-corrected chi connectivity index (χ0v) is 20.0. The Morgan fingerprint density at radius 3 is 2.34 bits per heavy atom. The molecule has 5 rings (SSSR count). The summed E-state index contributed by atoms with van der Waals surface area (Å²) in [5.74, 6) is 0.811. The average Bonchev–Trinajstić information content (AvgIpc) is 3.30. The van der Waals surface area contributed by atoms with Crippen molar-refractivity contribution >= 4 is 29.0 Å². The van der Waals surface area contributed by atoms with Crippen molar-refractivity contribution in [1.82, 2.24) is 9.88 Å². The fourth-order valence-corrected chi connectivity index (χ4v) is 5.20. The van der Waals surface area contributed by atoms with Crippen LogP contribution >= 0.6 is 0 Å². The molecular formula is C28H31N5O2. The van der Waals surface area contributed by atoms with E-state index >= 15 is 0 Å². The van der Waals surface area contributed by atoms with Crippen LogP contribution in [0.4, 0.5) is 17.2 Å². The molecule has 180 valence electrons. The Hall–Kier alpha value is -3.87. The predicted octanol–water partition coefficient (Wildman–Crippen LogP) is 4.42. The van der Waals surface area contributed by atoms with Gasteiger partial charge in [-0.15, -0.1) is 0 Å². The number of rotatable bonds is 4. The van der Waals surface area contributed by atoms with Crippen LogP contribution in [0.15, 0.2) is 66.9 Å². The van der Waals surface area contributed by atoms with E-state index in [1.54, 1.807) is 13.1 Å². The number of pyridine rings is 1. The first-order chi connectivity index (χ1) is 16.9. The van der Waals surface area contributed by atoms with Gasteiger partial charge >= 0.3 is 0 Å². The largest absolute Gasteiger partial charge is 0.397 e. The topological polar surface area (TPSA) is 91.6 Å². The first-order valence-electron chi connectivity index (χ1n) is 12.2. The summed E-state index contributed by atoms with van der Waals surface area (Å²) < 4.78 is 0. The van der Waals surface area contributed by atoms with Crippen LogP contribution in [0.3, 0.4) is 0 Å². The maximum Gasteiger partial charge on any atom is 0.257 e. The minimum Gasteiger partial charge on any atom is -0.397 e. The smallest absolute Gasteiger partial charge is 0.257 e. The number of anilines is 3. The van der Waals surface area contributed by atoms with Crippen molar-refractivity contribution in [3.05, 3.63) is 72.4 Å². The van der Waals surface area contributed by atoms with Gasteiger partial charge in [0.25, 0.3) is 5.91 Å². The van der Waals surface area contributed by atoms with Crippen LogP contribution in [0.2, 0.25) is 0 Å². The summed E-state index contributed by atoms with van der Waals surface area (Å²) in [4.78, 5) is 33.5. The first-order valence-corrected chi connectivity index (χ1v) is 12.2. The van der Waals surface area contributed by atoms with E-state index in [-0.39, 0.29) is 17.2 Å². The molecule has 0 radical (unpaired) electrons. The van der Waals surface area contributed by atoms with E-state index in [0.717, 1.165) is 62.4 Å². The van der Waals surface area contributed by atoms with Crippen molar-refractivity contribution in [3.63, 3.8) is 0 Å². The molecule has 2 aliphatic rings. The van der Waals surface area contributed by atoms with Crippen molar-refractivity contribution in [2.24, 2.45) is 5.41 Å². The Morgan fingerprint density at radius 2 is 1.69 bits per heavy atom. The van der Waals surface area contributed by atoms with Crippen molar-refractivity contribution in [2.45, 2.75) is 26.2 Å². The minimum atomic E-state index is -0.242. The number of nitrogen functional groups attached to an aromatic ring is 1. The molecule has 3 N–H and O–H groups in total. The van der Waals surface area contributed by atoms with Crippen molar-refractivity contribution < 1.29 is 9.59 Å². The molecule has 3 aromatic rings. The van der Waals surface area contributed by atoms with Gasteiger partial charge in [-0.1, -0.05) is 36.4 Å². The molecule has 3 heterocycles. The van der Waals surface area contributed by atoms with Gasteiger partial charge < -0.3 is 20.9 Å². The lowest BCUT2D eigenvalue weighted by Crippen LogP contribution is -2.42. The highest BCUT2D eigenvalue weighted by Gasteiger charge is 2.41. The van der Waals surface area contributed by atoms with Gasteiger partial charge in [0.05, 0.1) is 16.9 Å². The van der Waals surface area contributed by atoms with Crippen LogP contribution < -0.4 is 16.0 Å². The third-order valence-corrected chi connectivity index (χ3v) is 7.45. The summed E-state index contributed by atoms with van der Waals surface area (Å²) in [6, 6.07) is 19.3. The average molecular weight is 470 g/mol. The van der Waals surface area contributed by atoms with Crippen molar-refractivity contribution in [3.8, 4) is 11.1 Å². The molecular weight excluding hydrogens is 438 g/mol. The molecule has 0 unspecified atom stereocenters. The highest BCUT2D eigenvalue weighted by atomic mass is 16.2. The quantitative estimate of drug-likeness (QED) is 0.552. The number of piperidine rings is 1. The van der Waals surface area contributed by atoms with E-state index in [1.165, 1.54) is 0 Å². The summed E-state index contributed by atoms with van der Waals surface area (Å²) in [6.07, 6.45) is 4.82. The molecule has 0 saturated carbocycles. The van der Waals surface area contributed by atoms with Crippen LogP contribution in [0, 0.1) is 5.41 Å². The number of benzene rings is 2. The Bertz CT molecular complexity index is 1220. The molecule has 0 aliphatic carbocycles. The van der Waals surface area contributed by atoms with E-state index in [9.17, 15) is 9.59 Å². The van der Waals surface area contributed by atoms with Crippen molar-refractivity contribution in [2.75, 3.05) is 42.1 Å². The zero-order chi connectivity index (χ0) is 24.4. The number of likely N-dealkylation sites (tertiary alicyclic amines) is 1. The normalized spacial score (nSPS) is 16.9. The minimum absolute atomic E-state index is 0.174. The number of nitrogens with zero attached hydrogens (tertiary/aromatic N) is 3. The molecule has 1 aromatic heterocycles. The van der Waals surface area contributed by atoms with E-state index < -0.39 is 0 Å². The fraction of sp³-hybridized carbons (Fsp3) is 0.321. The van der Waals surface area contributed by atoms with Crippen LogP contribution in [-0.4, -0.2) is 47.9 Å². The number of nitrogens with two attached hydrogens (primary N) is 1. The van der Waals surface area contributed by atoms with Crippen LogP contribution in [0.25, 0.3) is 11.1 Å². The molecule has 2 aliphatic heterocycles. The van der Waals surface area contributed by atoms with Crippen molar-refractivity contribution in [1.29, 1.82) is 0 Å². The lowest BCUT2D eigenvalue weighted by molar-refractivity contribution is -0.128. The maximum absolute atomic E-state index is 12.9. The molecule has 0 bridgehead atoms. The number of carbonyl (C=O) groups is 2. The van der Waals surface area contributed by atoms with Gasteiger partial charge in [0.1, 0.15) is 5.82 Å². The summed E-state index contributed by atoms with van der Waals surface area (Å²) in [7, 11) is 0. The molecule has 2 fully saturated rings. The van der Waals surface area contributed by atoms with E-state index in [2.05, 4.69) is 15.2 Å². The lowest BCUT2D eigenvalue weighted by atomic mass is 9.78. The molecule has 0 atom stereocenters. The van der Waals surface area contributed by atoms with E-state index in [4.69, 9.17) is 5.73 Å². The number of nitrogens with one attached hydrogen (secondary N) is 1. The summed E-state index contributed by atoms with van der Waals surface area (Å²) in [5.41, 5.74) is 10.0. The van der Waals surface area contributed by atoms with Gasteiger partial charge in [-0.05, 0) is 60.1 Å².